The molecule has 3 aromatic rings. The quantitative estimate of drug-likeness (QED) is 0.588. The van der Waals surface area contributed by atoms with E-state index in [0.717, 1.165) is 30.3 Å². The molecule has 1 aromatic carbocycles. The van der Waals surface area contributed by atoms with Crippen LogP contribution >= 0.6 is 0 Å². The average Bonchev–Trinajstić information content (AvgIpc) is 3.32. The number of piperidine rings is 1. The normalized spacial score (nSPS) is 13.8. The number of carbonyl (C=O) groups is 1. The van der Waals surface area contributed by atoms with Gasteiger partial charge in [-0.05, 0) is 50.5 Å². The van der Waals surface area contributed by atoms with Gasteiger partial charge in [0, 0.05) is 55.9 Å². The lowest BCUT2D eigenvalue weighted by Gasteiger charge is -2.28. The lowest BCUT2D eigenvalue weighted by molar-refractivity contribution is 0.0955. The molecule has 8 nitrogen and oxygen atoms in total. The van der Waals surface area contributed by atoms with Gasteiger partial charge in [-0.1, -0.05) is 6.07 Å². The Balaban J connectivity index is 1.30. The molecule has 8 heteroatoms. The lowest BCUT2D eigenvalue weighted by atomic mass is 10.1. The van der Waals surface area contributed by atoms with Crippen LogP contribution in [0.2, 0.25) is 0 Å². The summed E-state index contributed by atoms with van der Waals surface area (Å²) in [6, 6.07) is 11.3. The Labute approximate surface area is 176 Å². The van der Waals surface area contributed by atoms with Crippen molar-refractivity contribution in [1.82, 2.24) is 25.1 Å². The predicted molar refractivity (Wildman–Crippen MR) is 117 cm³/mol. The van der Waals surface area contributed by atoms with E-state index in [9.17, 15) is 4.79 Å². The fraction of sp³-hybridized carbons (Fsp3) is 0.364. The van der Waals surface area contributed by atoms with E-state index >= 15 is 0 Å². The smallest absolute Gasteiger partial charge is 0.251 e. The second-order valence-corrected chi connectivity index (χ2v) is 7.42. The third-order valence-electron chi connectivity index (χ3n) is 5.09. The molecule has 4 rings (SSSR count). The van der Waals surface area contributed by atoms with Crippen LogP contribution in [0.3, 0.4) is 0 Å². The maximum atomic E-state index is 12.5. The molecule has 1 saturated heterocycles. The number of hydrogen-bond donors (Lipinski definition) is 2. The third-order valence-corrected chi connectivity index (χ3v) is 5.09. The first-order chi connectivity index (χ1) is 14.7. The number of benzene rings is 1. The average molecular weight is 406 g/mol. The highest BCUT2D eigenvalue weighted by Gasteiger charge is 2.14. The van der Waals surface area contributed by atoms with Crippen LogP contribution in [-0.2, 0) is 0 Å². The Morgan fingerprint density at radius 3 is 2.73 bits per heavy atom. The molecule has 2 N–H and O–H groups in total. The zero-order chi connectivity index (χ0) is 20.8. The first-order valence-electron chi connectivity index (χ1n) is 10.4. The van der Waals surface area contributed by atoms with Crippen molar-refractivity contribution >= 4 is 17.7 Å². The van der Waals surface area contributed by atoms with Crippen molar-refractivity contribution in [2.75, 3.05) is 36.4 Å². The van der Waals surface area contributed by atoms with Crippen molar-refractivity contribution in [1.29, 1.82) is 0 Å². The van der Waals surface area contributed by atoms with Crippen molar-refractivity contribution in [2.24, 2.45) is 0 Å². The van der Waals surface area contributed by atoms with Crippen LogP contribution in [0.25, 0.3) is 5.69 Å². The standard InChI is InChI=1S/C22H27N7O/c1-17-15-20(28-12-3-2-4-13-28)27-22(26-17)24-11-10-23-21(30)18-7-5-8-19(16-18)29-14-6-9-25-29/h5-9,14-16H,2-4,10-13H2,1H3,(H,23,30)(H,24,26,27). The van der Waals surface area contributed by atoms with Crippen molar-refractivity contribution in [3.05, 3.63) is 60.0 Å². The number of amides is 1. The zero-order valence-corrected chi connectivity index (χ0v) is 17.2. The highest BCUT2D eigenvalue weighted by atomic mass is 16.1. The topological polar surface area (TPSA) is 88.0 Å². The summed E-state index contributed by atoms with van der Waals surface area (Å²) >= 11 is 0. The summed E-state index contributed by atoms with van der Waals surface area (Å²) in [5.41, 5.74) is 2.39. The number of anilines is 2. The minimum absolute atomic E-state index is 0.120. The molecule has 1 aliphatic rings. The second-order valence-electron chi connectivity index (χ2n) is 7.42. The fourth-order valence-corrected chi connectivity index (χ4v) is 3.58. The SMILES string of the molecule is Cc1cc(N2CCCCC2)nc(NCCNC(=O)c2cccc(-n3cccn3)c2)n1. The minimum Gasteiger partial charge on any atom is -0.356 e. The van der Waals surface area contributed by atoms with Gasteiger partial charge in [0.05, 0.1) is 5.69 Å². The number of nitrogens with zero attached hydrogens (tertiary/aromatic N) is 5. The monoisotopic (exact) mass is 405 g/mol. The molecule has 0 unspecified atom stereocenters. The van der Waals surface area contributed by atoms with Gasteiger partial charge >= 0.3 is 0 Å². The van der Waals surface area contributed by atoms with Crippen LogP contribution in [0.1, 0.15) is 35.3 Å². The van der Waals surface area contributed by atoms with Crippen LogP contribution in [-0.4, -0.2) is 51.8 Å². The minimum atomic E-state index is -0.120. The number of aryl methyl sites for hydroxylation is 1. The van der Waals surface area contributed by atoms with E-state index in [4.69, 9.17) is 0 Å². The molecule has 2 aromatic heterocycles. The van der Waals surface area contributed by atoms with Gasteiger partial charge in [0.25, 0.3) is 5.91 Å². The molecule has 1 aliphatic heterocycles. The molecule has 0 spiro atoms. The van der Waals surface area contributed by atoms with Crippen LogP contribution < -0.4 is 15.5 Å². The molecule has 1 amide bonds. The molecular weight excluding hydrogens is 378 g/mol. The Morgan fingerprint density at radius 2 is 1.93 bits per heavy atom. The van der Waals surface area contributed by atoms with E-state index < -0.39 is 0 Å². The molecule has 3 heterocycles. The summed E-state index contributed by atoms with van der Waals surface area (Å²) in [6.07, 6.45) is 7.26. The van der Waals surface area contributed by atoms with Gasteiger partial charge in [-0.15, -0.1) is 0 Å². The Morgan fingerprint density at radius 1 is 1.07 bits per heavy atom. The van der Waals surface area contributed by atoms with Crippen LogP contribution in [0.5, 0.6) is 0 Å². The molecule has 1 fully saturated rings. The Bertz CT molecular complexity index is 981. The molecule has 156 valence electrons. The number of nitrogens with one attached hydrogen (secondary N) is 2. The van der Waals surface area contributed by atoms with E-state index in [0.29, 0.717) is 24.6 Å². The van der Waals surface area contributed by atoms with Crippen LogP contribution in [0.4, 0.5) is 11.8 Å². The lowest BCUT2D eigenvalue weighted by Crippen LogP contribution is -2.31. The molecule has 0 bridgehead atoms. The van der Waals surface area contributed by atoms with Crippen molar-refractivity contribution in [2.45, 2.75) is 26.2 Å². The van der Waals surface area contributed by atoms with Gasteiger partial charge in [-0.2, -0.15) is 10.1 Å². The highest BCUT2D eigenvalue weighted by molar-refractivity contribution is 5.94. The van der Waals surface area contributed by atoms with Crippen LogP contribution in [0, 0.1) is 6.92 Å². The number of rotatable bonds is 7. The fourth-order valence-electron chi connectivity index (χ4n) is 3.58. The highest BCUT2D eigenvalue weighted by Crippen LogP contribution is 2.19. The first-order valence-corrected chi connectivity index (χ1v) is 10.4. The van der Waals surface area contributed by atoms with Crippen molar-refractivity contribution in [3.63, 3.8) is 0 Å². The zero-order valence-electron chi connectivity index (χ0n) is 17.2. The summed E-state index contributed by atoms with van der Waals surface area (Å²) in [5, 5.41) is 10.4. The van der Waals surface area contributed by atoms with E-state index in [1.54, 1.807) is 16.9 Å². The van der Waals surface area contributed by atoms with E-state index in [-0.39, 0.29) is 5.91 Å². The van der Waals surface area contributed by atoms with E-state index in [2.05, 4.69) is 30.6 Å². The van der Waals surface area contributed by atoms with Crippen molar-refractivity contribution < 1.29 is 4.79 Å². The summed E-state index contributed by atoms with van der Waals surface area (Å²) in [6.45, 7) is 5.09. The van der Waals surface area contributed by atoms with Gasteiger partial charge in [-0.25, -0.2) is 9.67 Å². The molecule has 0 atom stereocenters. The van der Waals surface area contributed by atoms with Gasteiger partial charge in [0.15, 0.2) is 0 Å². The van der Waals surface area contributed by atoms with Gasteiger partial charge in [0.1, 0.15) is 5.82 Å². The maximum absolute atomic E-state index is 12.5. The van der Waals surface area contributed by atoms with E-state index in [1.807, 2.05) is 43.5 Å². The van der Waals surface area contributed by atoms with Crippen molar-refractivity contribution in [3.8, 4) is 5.69 Å². The third kappa shape index (κ3) is 4.94. The van der Waals surface area contributed by atoms with Gasteiger partial charge in [-0.3, -0.25) is 4.79 Å². The molecule has 30 heavy (non-hydrogen) atoms. The summed E-state index contributed by atoms with van der Waals surface area (Å²) in [7, 11) is 0. The molecule has 0 radical (unpaired) electrons. The van der Waals surface area contributed by atoms with Crippen LogP contribution in [0.15, 0.2) is 48.8 Å². The summed E-state index contributed by atoms with van der Waals surface area (Å²) < 4.78 is 1.73. The number of hydrogen-bond acceptors (Lipinski definition) is 6. The molecular formula is C22H27N7O. The Hall–Kier alpha value is -3.42. The van der Waals surface area contributed by atoms with Gasteiger partial charge in [0.2, 0.25) is 5.95 Å². The maximum Gasteiger partial charge on any atom is 0.251 e. The van der Waals surface area contributed by atoms with E-state index in [1.165, 1.54) is 19.3 Å². The predicted octanol–water partition coefficient (Wildman–Crippen LogP) is 2.80. The number of carbonyl (C=O) groups excluding carboxylic acids is 1. The molecule has 0 saturated carbocycles. The molecule has 0 aliphatic carbocycles. The second kappa shape index (κ2) is 9.39. The number of aromatic nitrogens is 4. The first kappa shape index (κ1) is 19.9. The Kier molecular flexibility index (Phi) is 6.22. The summed E-state index contributed by atoms with van der Waals surface area (Å²) in [5.74, 6) is 1.46. The largest absolute Gasteiger partial charge is 0.356 e. The summed E-state index contributed by atoms with van der Waals surface area (Å²) in [4.78, 5) is 23.9. The van der Waals surface area contributed by atoms with Gasteiger partial charge < -0.3 is 15.5 Å².